The van der Waals surface area contributed by atoms with Crippen LogP contribution < -0.4 is 5.32 Å². The Balaban J connectivity index is 1.83. The summed E-state index contributed by atoms with van der Waals surface area (Å²) in [6.45, 7) is 5.64. The number of hydrogen-bond acceptors (Lipinski definition) is 4. The van der Waals surface area contributed by atoms with Gasteiger partial charge >= 0.3 is 0 Å². The van der Waals surface area contributed by atoms with Crippen molar-refractivity contribution in [1.82, 2.24) is 0 Å². The zero-order valence-electron chi connectivity index (χ0n) is 14.3. The van der Waals surface area contributed by atoms with E-state index >= 15 is 0 Å². The summed E-state index contributed by atoms with van der Waals surface area (Å²) < 4.78 is 5.54. The lowest BCUT2D eigenvalue weighted by molar-refractivity contribution is -0.385. The van der Waals surface area contributed by atoms with E-state index < -0.39 is 4.92 Å². The molecule has 3 rings (SSSR count). The fourth-order valence-corrected chi connectivity index (χ4v) is 2.80. The number of rotatable bonds is 4. The van der Waals surface area contributed by atoms with Crippen molar-refractivity contribution in [2.45, 2.75) is 27.2 Å². The van der Waals surface area contributed by atoms with Gasteiger partial charge in [-0.3, -0.25) is 14.9 Å². The normalized spacial score (nSPS) is 10.8. The minimum absolute atomic E-state index is 0.0161. The second-order valence-electron chi connectivity index (χ2n) is 6.13. The number of carbonyl (C=O) groups excluding carboxylic acids is 1. The Bertz CT molecular complexity index is 988. The van der Waals surface area contributed by atoms with Gasteiger partial charge in [0, 0.05) is 17.0 Å². The monoisotopic (exact) mass is 338 g/mol. The average molecular weight is 338 g/mol. The highest BCUT2D eigenvalue weighted by Crippen LogP contribution is 2.27. The molecular weight excluding hydrogens is 320 g/mol. The van der Waals surface area contributed by atoms with Crippen LogP contribution in [0.5, 0.6) is 0 Å². The maximum absolute atomic E-state index is 12.4. The molecule has 0 radical (unpaired) electrons. The molecule has 1 amide bonds. The predicted molar refractivity (Wildman–Crippen MR) is 95.9 cm³/mol. The molecule has 0 aliphatic rings. The van der Waals surface area contributed by atoms with Gasteiger partial charge in [0.25, 0.3) is 5.69 Å². The highest BCUT2D eigenvalue weighted by Gasteiger charge is 2.16. The Kier molecular flexibility index (Phi) is 4.27. The number of carbonyl (C=O) groups is 1. The smallest absolute Gasteiger partial charge is 0.274 e. The van der Waals surface area contributed by atoms with Crippen molar-refractivity contribution in [2.75, 3.05) is 5.32 Å². The maximum Gasteiger partial charge on any atom is 0.274 e. The average Bonchev–Trinajstić information content (AvgIpc) is 2.91. The molecule has 0 bridgehead atoms. The molecule has 0 atom stereocenters. The zero-order valence-corrected chi connectivity index (χ0v) is 14.3. The van der Waals surface area contributed by atoms with Crippen LogP contribution in [0.4, 0.5) is 11.4 Å². The van der Waals surface area contributed by atoms with Crippen molar-refractivity contribution in [2.24, 2.45) is 0 Å². The van der Waals surface area contributed by atoms with E-state index in [4.69, 9.17) is 4.42 Å². The molecular formula is C19H18N2O4. The molecule has 1 N–H and O–H groups in total. The van der Waals surface area contributed by atoms with Crippen LogP contribution in [0.2, 0.25) is 0 Å². The van der Waals surface area contributed by atoms with E-state index in [-0.39, 0.29) is 18.0 Å². The number of hydrogen-bond donors (Lipinski definition) is 1. The van der Waals surface area contributed by atoms with Crippen LogP contribution in [0.25, 0.3) is 11.0 Å². The van der Waals surface area contributed by atoms with Crippen LogP contribution in [0, 0.1) is 30.9 Å². The van der Waals surface area contributed by atoms with E-state index in [0.29, 0.717) is 11.3 Å². The van der Waals surface area contributed by atoms with Gasteiger partial charge in [-0.15, -0.1) is 0 Å². The number of nitrogens with one attached hydrogen (secondary N) is 1. The second kappa shape index (κ2) is 6.39. The van der Waals surface area contributed by atoms with Crippen molar-refractivity contribution in [3.63, 3.8) is 0 Å². The molecule has 0 saturated carbocycles. The Hall–Kier alpha value is -3.15. The first kappa shape index (κ1) is 16.7. The van der Waals surface area contributed by atoms with Crippen molar-refractivity contribution in [1.29, 1.82) is 0 Å². The van der Waals surface area contributed by atoms with Gasteiger partial charge in [0.05, 0.1) is 28.9 Å². The van der Waals surface area contributed by atoms with Gasteiger partial charge in [0.15, 0.2) is 0 Å². The second-order valence-corrected chi connectivity index (χ2v) is 6.13. The van der Waals surface area contributed by atoms with E-state index in [0.717, 1.165) is 27.7 Å². The number of nitro benzene ring substituents is 1. The first-order valence-electron chi connectivity index (χ1n) is 7.88. The van der Waals surface area contributed by atoms with Gasteiger partial charge in [-0.1, -0.05) is 6.07 Å². The molecule has 1 aromatic heterocycles. The fourth-order valence-electron chi connectivity index (χ4n) is 2.80. The van der Waals surface area contributed by atoms with Crippen molar-refractivity contribution in [3.05, 3.63) is 69.0 Å². The molecule has 1 heterocycles. The van der Waals surface area contributed by atoms with E-state index in [2.05, 4.69) is 5.32 Å². The number of nitro groups is 1. The first-order chi connectivity index (χ1) is 11.9. The minimum Gasteiger partial charge on any atom is -0.464 e. The molecule has 0 spiro atoms. The van der Waals surface area contributed by atoms with Gasteiger partial charge in [-0.05, 0) is 50.1 Å². The highest BCUT2D eigenvalue weighted by molar-refractivity contribution is 5.96. The van der Waals surface area contributed by atoms with Crippen LogP contribution in [-0.2, 0) is 11.2 Å². The summed E-state index contributed by atoms with van der Waals surface area (Å²) in [5, 5.41) is 14.7. The molecule has 128 valence electrons. The summed E-state index contributed by atoms with van der Waals surface area (Å²) in [5.41, 5.74) is 4.66. The van der Waals surface area contributed by atoms with E-state index in [1.165, 1.54) is 6.07 Å². The molecule has 3 aromatic rings. The Labute approximate surface area is 144 Å². The number of fused-ring (bicyclic) bond motifs is 1. The quantitative estimate of drug-likeness (QED) is 0.562. The third-order valence-electron chi connectivity index (χ3n) is 4.40. The van der Waals surface area contributed by atoms with Gasteiger partial charge in [-0.25, -0.2) is 0 Å². The number of aryl methyl sites for hydroxylation is 2. The standard InChI is InChI=1S/C19H18N2O4/c1-11-7-15-14(10-25-18(15)8-12(11)2)9-19(22)20-16-5-4-6-17(13(16)3)21(23)24/h4-8,10H,9H2,1-3H3,(H,20,22). The summed E-state index contributed by atoms with van der Waals surface area (Å²) in [4.78, 5) is 22.9. The summed E-state index contributed by atoms with van der Waals surface area (Å²) in [6.07, 6.45) is 1.72. The number of amides is 1. The number of anilines is 1. The van der Waals surface area contributed by atoms with Crippen LogP contribution in [0.15, 0.2) is 41.0 Å². The van der Waals surface area contributed by atoms with Crippen LogP contribution in [0.3, 0.4) is 0 Å². The Morgan fingerprint density at radius 1 is 1.20 bits per heavy atom. The van der Waals surface area contributed by atoms with E-state index in [9.17, 15) is 14.9 Å². The number of furan rings is 1. The molecule has 0 unspecified atom stereocenters. The van der Waals surface area contributed by atoms with Gasteiger partial charge < -0.3 is 9.73 Å². The lowest BCUT2D eigenvalue weighted by atomic mass is 10.0. The number of nitrogens with zero attached hydrogens (tertiary/aromatic N) is 1. The van der Waals surface area contributed by atoms with Crippen LogP contribution in [0.1, 0.15) is 22.3 Å². The Morgan fingerprint density at radius 3 is 2.64 bits per heavy atom. The maximum atomic E-state index is 12.4. The lowest BCUT2D eigenvalue weighted by Crippen LogP contribution is -2.15. The largest absolute Gasteiger partial charge is 0.464 e. The summed E-state index contributed by atoms with van der Waals surface area (Å²) in [6, 6.07) is 8.59. The summed E-state index contributed by atoms with van der Waals surface area (Å²) >= 11 is 0. The van der Waals surface area contributed by atoms with Crippen molar-refractivity contribution >= 4 is 28.3 Å². The highest BCUT2D eigenvalue weighted by atomic mass is 16.6. The van der Waals surface area contributed by atoms with Crippen LogP contribution in [-0.4, -0.2) is 10.8 Å². The Morgan fingerprint density at radius 2 is 1.92 bits per heavy atom. The molecule has 25 heavy (non-hydrogen) atoms. The minimum atomic E-state index is -0.459. The van der Waals surface area contributed by atoms with E-state index in [1.807, 2.05) is 26.0 Å². The van der Waals surface area contributed by atoms with E-state index in [1.54, 1.807) is 25.3 Å². The van der Waals surface area contributed by atoms with Gasteiger partial charge in [0.1, 0.15) is 5.58 Å². The number of benzene rings is 2. The van der Waals surface area contributed by atoms with Gasteiger partial charge in [0.2, 0.25) is 5.91 Å². The molecule has 0 fully saturated rings. The fraction of sp³-hybridized carbons (Fsp3) is 0.211. The molecule has 0 saturated heterocycles. The molecule has 0 aliphatic heterocycles. The third kappa shape index (κ3) is 3.24. The lowest BCUT2D eigenvalue weighted by Gasteiger charge is -2.08. The zero-order chi connectivity index (χ0) is 18.1. The SMILES string of the molecule is Cc1cc2occ(CC(=O)Nc3cccc([N+](=O)[O-])c3C)c2cc1C. The third-order valence-corrected chi connectivity index (χ3v) is 4.40. The van der Waals surface area contributed by atoms with Crippen LogP contribution >= 0.6 is 0 Å². The first-order valence-corrected chi connectivity index (χ1v) is 7.88. The molecule has 0 aliphatic carbocycles. The molecule has 2 aromatic carbocycles. The van der Waals surface area contributed by atoms with Crippen molar-refractivity contribution in [3.8, 4) is 0 Å². The topological polar surface area (TPSA) is 85.4 Å². The predicted octanol–water partition coefficient (Wildman–Crippen LogP) is 4.45. The summed E-state index contributed by atoms with van der Waals surface area (Å²) in [7, 11) is 0. The summed E-state index contributed by atoms with van der Waals surface area (Å²) in [5.74, 6) is -0.246. The van der Waals surface area contributed by atoms with Gasteiger partial charge in [-0.2, -0.15) is 0 Å². The molecule has 6 nitrogen and oxygen atoms in total. The van der Waals surface area contributed by atoms with Crippen molar-refractivity contribution < 1.29 is 14.1 Å². The molecule has 6 heteroatoms.